The van der Waals surface area contributed by atoms with E-state index in [0.29, 0.717) is 0 Å². The molecular formula is C12H26N2. The molecule has 2 rings (SSSR count). The molecule has 1 saturated heterocycles. The second-order valence-corrected chi connectivity index (χ2v) is 4.54. The fourth-order valence-corrected chi connectivity index (χ4v) is 2.93. The van der Waals surface area contributed by atoms with Gasteiger partial charge in [-0.05, 0) is 45.2 Å². The van der Waals surface area contributed by atoms with Gasteiger partial charge >= 0.3 is 0 Å². The molecule has 84 valence electrons. The average molecular weight is 198 g/mol. The van der Waals surface area contributed by atoms with E-state index in [1.54, 1.807) is 0 Å². The topological polar surface area (TPSA) is 15.3 Å². The maximum Gasteiger partial charge on any atom is 0.00674 e. The van der Waals surface area contributed by atoms with E-state index in [9.17, 15) is 0 Å². The summed E-state index contributed by atoms with van der Waals surface area (Å²) in [6, 6.07) is 0.803. The first kappa shape index (κ1) is 12.0. The molecule has 0 aromatic carbocycles. The highest BCUT2D eigenvalue weighted by Gasteiger charge is 2.35. The maximum absolute atomic E-state index is 3.41. The lowest BCUT2D eigenvalue weighted by molar-refractivity contribution is 0.250. The Kier molecular flexibility index (Phi) is 4.90. The summed E-state index contributed by atoms with van der Waals surface area (Å²) in [5.74, 6) is 2.00. The first-order chi connectivity index (χ1) is 6.79. The second-order valence-electron chi connectivity index (χ2n) is 4.54. The Hall–Kier alpha value is -0.0800. The molecule has 2 heteroatoms. The van der Waals surface area contributed by atoms with E-state index in [1.165, 1.54) is 32.4 Å². The van der Waals surface area contributed by atoms with Gasteiger partial charge in [0.1, 0.15) is 0 Å². The first-order valence-corrected chi connectivity index (χ1v) is 6.15. The van der Waals surface area contributed by atoms with Crippen LogP contribution in [0.3, 0.4) is 0 Å². The number of hydrogen-bond acceptors (Lipinski definition) is 2. The minimum Gasteiger partial charge on any atom is -0.317 e. The lowest BCUT2D eigenvalue weighted by Crippen LogP contribution is -2.35. The highest BCUT2D eigenvalue weighted by atomic mass is 15.1. The third-order valence-electron chi connectivity index (χ3n) is 3.64. The molecule has 2 aliphatic rings. The Morgan fingerprint density at radius 2 is 1.71 bits per heavy atom. The Labute approximate surface area is 89.1 Å². The number of fused-ring (bicyclic) bond motifs is 1. The molecule has 1 aliphatic carbocycles. The van der Waals surface area contributed by atoms with Gasteiger partial charge < -0.3 is 10.2 Å². The third kappa shape index (κ3) is 2.71. The molecule has 0 aromatic heterocycles. The molecule has 14 heavy (non-hydrogen) atoms. The molecule has 0 bridgehead atoms. The van der Waals surface area contributed by atoms with Crippen molar-refractivity contribution in [1.82, 2.24) is 10.2 Å². The quantitative estimate of drug-likeness (QED) is 0.693. The first-order valence-electron chi connectivity index (χ1n) is 6.15. The molecule has 3 unspecified atom stereocenters. The van der Waals surface area contributed by atoms with Gasteiger partial charge in [-0.1, -0.05) is 13.8 Å². The van der Waals surface area contributed by atoms with E-state index < -0.39 is 0 Å². The van der Waals surface area contributed by atoms with Gasteiger partial charge in [0.2, 0.25) is 0 Å². The normalized spacial score (nSPS) is 37.3. The number of likely N-dealkylation sites (tertiary alicyclic amines) is 1. The summed E-state index contributed by atoms with van der Waals surface area (Å²) in [7, 11) is 4.36. The molecular weight excluding hydrogens is 172 g/mol. The monoisotopic (exact) mass is 198 g/mol. The summed E-state index contributed by atoms with van der Waals surface area (Å²) in [4.78, 5) is 2.49. The summed E-state index contributed by atoms with van der Waals surface area (Å²) in [6.45, 7) is 6.68. The van der Waals surface area contributed by atoms with Crippen molar-refractivity contribution in [3.63, 3.8) is 0 Å². The molecule has 0 amide bonds. The van der Waals surface area contributed by atoms with Crippen molar-refractivity contribution in [2.24, 2.45) is 11.8 Å². The average Bonchev–Trinajstić information content (AvgIpc) is 2.59. The lowest BCUT2D eigenvalue weighted by atomic mass is 9.79. The Bertz CT molecular complexity index is 158. The minimum absolute atomic E-state index is 0.803. The predicted molar refractivity (Wildman–Crippen MR) is 62.5 cm³/mol. The third-order valence-corrected chi connectivity index (χ3v) is 3.64. The van der Waals surface area contributed by atoms with Crippen molar-refractivity contribution < 1.29 is 0 Å². The Morgan fingerprint density at radius 1 is 1.07 bits per heavy atom. The van der Waals surface area contributed by atoms with Crippen LogP contribution in [0.4, 0.5) is 0 Å². The molecule has 1 heterocycles. The van der Waals surface area contributed by atoms with Gasteiger partial charge in [-0.15, -0.1) is 0 Å². The van der Waals surface area contributed by atoms with Crippen LogP contribution in [-0.2, 0) is 0 Å². The van der Waals surface area contributed by atoms with E-state index in [2.05, 4.69) is 24.3 Å². The minimum atomic E-state index is 0.803. The largest absolute Gasteiger partial charge is 0.317 e. The van der Waals surface area contributed by atoms with Crippen LogP contribution in [0.25, 0.3) is 0 Å². The van der Waals surface area contributed by atoms with E-state index in [4.69, 9.17) is 0 Å². The van der Waals surface area contributed by atoms with E-state index >= 15 is 0 Å². The number of hydrogen-bond donors (Lipinski definition) is 1. The summed E-state index contributed by atoms with van der Waals surface area (Å²) >= 11 is 0. The molecule has 0 spiro atoms. The highest BCUT2D eigenvalue weighted by Crippen LogP contribution is 2.35. The molecule has 1 saturated carbocycles. The smallest absolute Gasteiger partial charge is 0.00674 e. The van der Waals surface area contributed by atoms with Crippen LogP contribution in [-0.4, -0.2) is 38.1 Å². The van der Waals surface area contributed by atoms with Gasteiger partial charge in [-0.3, -0.25) is 0 Å². The van der Waals surface area contributed by atoms with Gasteiger partial charge in [-0.25, -0.2) is 0 Å². The van der Waals surface area contributed by atoms with E-state index in [1.807, 2.05) is 13.8 Å². The van der Waals surface area contributed by atoms with Gasteiger partial charge in [0.15, 0.2) is 0 Å². The maximum atomic E-state index is 3.41. The summed E-state index contributed by atoms with van der Waals surface area (Å²) in [5, 5.41) is 3.41. The van der Waals surface area contributed by atoms with Gasteiger partial charge in [-0.2, -0.15) is 0 Å². The van der Waals surface area contributed by atoms with Gasteiger partial charge in [0, 0.05) is 19.1 Å². The van der Waals surface area contributed by atoms with Crippen molar-refractivity contribution in [1.29, 1.82) is 0 Å². The second kappa shape index (κ2) is 5.72. The standard InChI is InChI=1S/C10H20N2.C2H6/c1-11-10-4-3-8-6-12(2)7-9(8)5-10;1-2/h8-11H,3-7H2,1-2H3;1-2H3. The van der Waals surface area contributed by atoms with Gasteiger partial charge in [0.25, 0.3) is 0 Å². The zero-order valence-corrected chi connectivity index (χ0v) is 10.2. The Balaban J connectivity index is 0.000000461. The molecule has 2 fully saturated rings. The van der Waals surface area contributed by atoms with Crippen LogP contribution in [0.5, 0.6) is 0 Å². The molecule has 1 aliphatic heterocycles. The van der Waals surface area contributed by atoms with Crippen LogP contribution >= 0.6 is 0 Å². The van der Waals surface area contributed by atoms with Gasteiger partial charge in [0.05, 0.1) is 0 Å². The van der Waals surface area contributed by atoms with Crippen molar-refractivity contribution in [3.05, 3.63) is 0 Å². The van der Waals surface area contributed by atoms with E-state index in [0.717, 1.165) is 17.9 Å². The van der Waals surface area contributed by atoms with Crippen LogP contribution in [0.15, 0.2) is 0 Å². The van der Waals surface area contributed by atoms with Crippen molar-refractivity contribution in [2.75, 3.05) is 27.2 Å². The Morgan fingerprint density at radius 3 is 2.36 bits per heavy atom. The highest BCUT2D eigenvalue weighted by molar-refractivity contribution is 4.90. The SMILES string of the molecule is CC.CNC1CCC2CN(C)CC2C1. The van der Waals surface area contributed by atoms with Crippen LogP contribution in [0, 0.1) is 11.8 Å². The van der Waals surface area contributed by atoms with Crippen LogP contribution in [0.1, 0.15) is 33.1 Å². The zero-order valence-electron chi connectivity index (χ0n) is 10.2. The zero-order chi connectivity index (χ0) is 10.6. The summed E-state index contributed by atoms with van der Waals surface area (Å²) in [5.41, 5.74) is 0. The number of nitrogens with one attached hydrogen (secondary N) is 1. The van der Waals surface area contributed by atoms with Crippen molar-refractivity contribution >= 4 is 0 Å². The van der Waals surface area contributed by atoms with Crippen LogP contribution in [0.2, 0.25) is 0 Å². The molecule has 3 atom stereocenters. The number of rotatable bonds is 1. The van der Waals surface area contributed by atoms with E-state index in [-0.39, 0.29) is 0 Å². The van der Waals surface area contributed by atoms with Crippen molar-refractivity contribution in [2.45, 2.75) is 39.2 Å². The summed E-state index contributed by atoms with van der Waals surface area (Å²) in [6.07, 6.45) is 4.25. The number of nitrogens with zero attached hydrogens (tertiary/aromatic N) is 1. The van der Waals surface area contributed by atoms with Crippen LogP contribution < -0.4 is 5.32 Å². The molecule has 0 aromatic rings. The van der Waals surface area contributed by atoms with Crippen molar-refractivity contribution in [3.8, 4) is 0 Å². The fourth-order valence-electron chi connectivity index (χ4n) is 2.93. The lowest BCUT2D eigenvalue weighted by Gasteiger charge is -2.30. The molecule has 0 radical (unpaired) electrons. The fraction of sp³-hybridized carbons (Fsp3) is 1.00. The predicted octanol–water partition coefficient (Wildman–Crippen LogP) is 1.96. The molecule has 1 N–H and O–H groups in total. The summed E-state index contributed by atoms with van der Waals surface area (Å²) < 4.78 is 0. The molecule has 2 nitrogen and oxygen atoms in total.